The number of carbonyl (C=O) groups excluding carboxylic acids is 2. The summed E-state index contributed by atoms with van der Waals surface area (Å²) in [6, 6.07) is 1.94. The van der Waals surface area contributed by atoms with Crippen molar-refractivity contribution >= 4 is 34.8 Å². The van der Waals surface area contributed by atoms with E-state index in [1.54, 1.807) is 11.0 Å². The molecule has 5 nitrogen and oxygen atoms in total. The molecule has 3 rings (SSSR count). The van der Waals surface area contributed by atoms with Gasteiger partial charge in [0.05, 0.1) is 11.1 Å². The molecule has 1 aromatic rings. The van der Waals surface area contributed by atoms with Gasteiger partial charge in [-0.25, -0.2) is 0 Å². The lowest BCUT2D eigenvalue weighted by atomic mass is 10.0. The van der Waals surface area contributed by atoms with Crippen LogP contribution in [0.1, 0.15) is 28.9 Å². The first-order valence-corrected chi connectivity index (χ1v) is 8.85. The zero-order valence-electron chi connectivity index (χ0n) is 12.5. The van der Waals surface area contributed by atoms with E-state index >= 15 is 0 Å². The molecule has 2 aliphatic rings. The monoisotopic (exact) mass is 341 g/mol. The molecule has 1 N–H and O–H groups in total. The van der Waals surface area contributed by atoms with Crippen LogP contribution in [-0.4, -0.2) is 60.4 Å². The molecule has 7 heteroatoms. The maximum absolute atomic E-state index is 12.2. The summed E-state index contributed by atoms with van der Waals surface area (Å²) in [7, 11) is 1.86. The van der Waals surface area contributed by atoms with E-state index < -0.39 is 0 Å². The quantitative estimate of drug-likeness (QED) is 0.912. The van der Waals surface area contributed by atoms with Crippen LogP contribution in [0.4, 0.5) is 0 Å². The molecular formula is C15H20ClN3O2S. The molecule has 2 saturated heterocycles. The van der Waals surface area contributed by atoms with Gasteiger partial charge in [0, 0.05) is 32.7 Å². The fraction of sp³-hybridized carbons (Fsp3) is 0.600. The van der Waals surface area contributed by atoms with Crippen LogP contribution in [0.2, 0.25) is 5.02 Å². The first-order chi connectivity index (χ1) is 10.6. The second kappa shape index (κ2) is 6.56. The van der Waals surface area contributed by atoms with Crippen molar-refractivity contribution in [1.29, 1.82) is 0 Å². The molecule has 3 heterocycles. The molecule has 1 aromatic heterocycles. The van der Waals surface area contributed by atoms with E-state index in [0.717, 1.165) is 38.9 Å². The molecule has 120 valence electrons. The van der Waals surface area contributed by atoms with Gasteiger partial charge in [0.1, 0.15) is 4.88 Å². The van der Waals surface area contributed by atoms with Crippen LogP contribution in [0.25, 0.3) is 0 Å². The smallest absolute Gasteiger partial charge is 0.263 e. The van der Waals surface area contributed by atoms with Crippen molar-refractivity contribution in [2.24, 2.45) is 0 Å². The van der Waals surface area contributed by atoms with Crippen molar-refractivity contribution < 1.29 is 9.59 Å². The predicted octanol–water partition coefficient (Wildman–Crippen LogP) is 1.83. The number of rotatable bonds is 3. The summed E-state index contributed by atoms with van der Waals surface area (Å²) in [4.78, 5) is 28.9. The molecule has 2 amide bonds. The minimum absolute atomic E-state index is 0.0355. The summed E-state index contributed by atoms with van der Waals surface area (Å²) >= 11 is 7.35. The van der Waals surface area contributed by atoms with Gasteiger partial charge in [-0.05, 0) is 30.7 Å². The lowest BCUT2D eigenvalue weighted by molar-refractivity contribution is -0.131. The van der Waals surface area contributed by atoms with Crippen molar-refractivity contribution in [3.63, 3.8) is 0 Å². The number of nitrogens with one attached hydrogen (secondary N) is 1. The molecule has 1 atom stereocenters. The van der Waals surface area contributed by atoms with Gasteiger partial charge in [-0.2, -0.15) is 0 Å². The molecule has 1 unspecified atom stereocenters. The van der Waals surface area contributed by atoms with E-state index in [1.807, 2.05) is 12.4 Å². The second-order valence-corrected chi connectivity index (χ2v) is 7.27. The second-order valence-electron chi connectivity index (χ2n) is 5.95. The number of amides is 2. The van der Waals surface area contributed by atoms with Crippen molar-refractivity contribution in [3.05, 3.63) is 21.3 Å². The summed E-state index contributed by atoms with van der Waals surface area (Å²) in [5.41, 5.74) is 0. The van der Waals surface area contributed by atoms with E-state index in [0.29, 0.717) is 9.90 Å². The highest BCUT2D eigenvalue weighted by atomic mass is 35.5. The van der Waals surface area contributed by atoms with Crippen LogP contribution >= 0.6 is 22.9 Å². The van der Waals surface area contributed by atoms with Crippen LogP contribution in [0.3, 0.4) is 0 Å². The van der Waals surface area contributed by atoms with E-state index in [9.17, 15) is 9.59 Å². The van der Waals surface area contributed by atoms with Crippen LogP contribution in [-0.2, 0) is 4.79 Å². The van der Waals surface area contributed by atoms with Crippen molar-refractivity contribution in [2.75, 3.05) is 26.7 Å². The molecule has 0 spiro atoms. The summed E-state index contributed by atoms with van der Waals surface area (Å²) in [6.07, 6.45) is 2.67. The minimum atomic E-state index is -0.0878. The SMILES string of the molecule is CN1CCC(N2CCC(NC(=O)c3sccc3Cl)CC2)C1=O. The first-order valence-electron chi connectivity index (χ1n) is 7.59. The molecule has 0 saturated carbocycles. The number of hydrogen-bond donors (Lipinski definition) is 1. The normalized spacial score (nSPS) is 24.0. The lowest BCUT2D eigenvalue weighted by Crippen LogP contribution is -2.49. The Kier molecular flexibility index (Phi) is 4.70. The number of halogens is 1. The number of thiophene rings is 1. The van der Waals surface area contributed by atoms with Crippen LogP contribution in [0, 0.1) is 0 Å². The van der Waals surface area contributed by atoms with Gasteiger partial charge in [0.2, 0.25) is 5.91 Å². The van der Waals surface area contributed by atoms with Gasteiger partial charge in [-0.3, -0.25) is 14.5 Å². The number of piperidine rings is 1. The molecule has 2 aliphatic heterocycles. The van der Waals surface area contributed by atoms with Gasteiger partial charge < -0.3 is 10.2 Å². The van der Waals surface area contributed by atoms with E-state index in [-0.39, 0.29) is 23.9 Å². The van der Waals surface area contributed by atoms with Crippen molar-refractivity contribution in [2.45, 2.75) is 31.3 Å². The lowest BCUT2D eigenvalue weighted by Gasteiger charge is -2.35. The summed E-state index contributed by atoms with van der Waals surface area (Å²) in [5.74, 6) is 0.142. The largest absolute Gasteiger partial charge is 0.348 e. The molecule has 0 bridgehead atoms. The third-order valence-corrected chi connectivity index (χ3v) is 5.87. The highest BCUT2D eigenvalue weighted by Crippen LogP contribution is 2.24. The third kappa shape index (κ3) is 3.14. The van der Waals surface area contributed by atoms with Gasteiger partial charge >= 0.3 is 0 Å². The molecule has 2 fully saturated rings. The van der Waals surface area contributed by atoms with Gasteiger partial charge in [-0.1, -0.05) is 11.6 Å². The highest BCUT2D eigenvalue weighted by Gasteiger charge is 2.35. The Hall–Kier alpha value is -1.11. The standard InChI is InChI=1S/C15H20ClN3O2S/c1-18-6-4-12(15(18)21)19-7-2-10(3-8-19)17-14(20)13-11(16)5-9-22-13/h5,9-10,12H,2-4,6-8H2,1H3,(H,17,20). The Balaban J connectivity index is 1.51. The predicted molar refractivity (Wildman–Crippen MR) is 87.4 cm³/mol. The van der Waals surface area contributed by atoms with E-state index in [4.69, 9.17) is 11.6 Å². The molecule has 0 aliphatic carbocycles. The average Bonchev–Trinajstić information content (AvgIpc) is 3.07. The molecule has 0 radical (unpaired) electrons. The van der Waals surface area contributed by atoms with Crippen molar-refractivity contribution in [1.82, 2.24) is 15.1 Å². The molecular weight excluding hydrogens is 322 g/mol. The Labute approximate surface area is 139 Å². The minimum Gasteiger partial charge on any atom is -0.348 e. The Morgan fingerprint density at radius 2 is 2.05 bits per heavy atom. The van der Waals surface area contributed by atoms with Crippen LogP contribution in [0.5, 0.6) is 0 Å². The topological polar surface area (TPSA) is 52.6 Å². The number of likely N-dealkylation sites (N-methyl/N-ethyl adjacent to an activating group) is 1. The number of carbonyl (C=O) groups is 2. The zero-order chi connectivity index (χ0) is 15.7. The third-order valence-electron chi connectivity index (χ3n) is 4.53. The van der Waals surface area contributed by atoms with Gasteiger partial charge in [-0.15, -0.1) is 11.3 Å². The Morgan fingerprint density at radius 1 is 1.32 bits per heavy atom. The number of likely N-dealkylation sites (tertiary alicyclic amines) is 2. The van der Waals surface area contributed by atoms with Crippen LogP contribution < -0.4 is 5.32 Å². The maximum Gasteiger partial charge on any atom is 0.263 e. The Bertz CT molecular complexity index is 569. The van der Waals surface area contributed by atoms with Crippen molar-refractivity contribution in [3.8, 4) is 0 Å². The average molecular weight is 342 g/mol. The highest BCUT2D eigenvalue weighted by molar-refractivity contribution is 7.12. The maximum atomic E-state index is 12.2. The fourth-order valence-electron chi connectivity index (χ4n) is 3.20. The van der Waals surface area contributed by atoms with E-state index in [1.165, 1.54) is 11.3 Å². The summed E-state index contributed by atoms with van der Waals surface area (Å²) in [5, 5.41) is 5.39. The zero-order valence-corrected chi connectivity index (χ0v) is 14.1. The summed E-state index contributed by atoms with van der Waals surface area (Å²) in [6.45, 7) is 2.55. The van der Waals surface area contributed by atoms with Gasteiger partial charge in [0.25, 0.3) is 5.91 Å². The van der Waals surface area contributed by atoms with E-state index in [2.05, 4.69) is 10.2 Å². The number of hydrogen-bond acceptors (Lipinski definition) is 4. The fourth-order valence-corrected chi connectivity index (χ4v) is 4.25. The first kappa shape index (κ1) is 15.8. The van der Waals surface area contributed by atoms with Gasteiger partial charge in [0.15, 0.2) is 0 Å². The Morgan fingerprint density at radius 3 is 2.59 bits per heavy atom. The molecule has 0 aromatic carbocycles. The summed E-state index contributed by atoms with van der Waals surface area (Å²) < 4.78 is 0. The molecule has 22 heavy (non-hydrogen) atoms. The number of nitrogens with zero attached hydrogens (tertiary/aromatic N) is 2. The van der Waals surface area contributed by atoms with Crippen LogP contribution in [0.15, 0.2) is 11.4 Å².